The molecule has 0 aromatic heterocycles. The summed E-state index contributed by atoms with van der Waals surface area (Å²) in [6, 6.07) is 0. The summed E-state index contributed by atoms with van der Waals surface area (Å²) in [5, 5.41) is 0. The van der Waals surface area contributed by atoms with Crippen molar-refractivity contribution in [1.82, 2.24) is 0 Å². The summed E-state index contributed by atoms with van der Waals surface area (Å²) in [6.45, 7) is 4.21. The van der Waals surface area contributed by atoms with Gasteiger partial charge in [-0.1, -0.05) is 0 Å². The summed E-state index contributed by atoms with van der Waals surface area (Å²) in [7, 11) is 0. The van der Waals surface area contributed by atoms with Crippen LogP contribution >= 0.6 is 12.0 Å². The van der Waals surface area contributed by atoms with Crippen LogP contribution in [0.4, 0.5) is 0 Å². The zero-order valence-corrected chi connectivity index (χ0v) is 14.9. The number of carbonyl (C=O) groups is 4. The Morgan fingerprint density at radius 3 is 1.76 bits per heavy atom. The molecule has 0 unspecified atom stereocenters. The minimum atomic E-state index is -1.26. The lowest BCUT2D eigenvalue weighted by atomic mass is 9.99. The van der Waals surface area contributed by atoms with Gasteiger partial charge >= 0.3 is 23.9 Å². The highest BCUT2D eigenvalue weighted by Crippen LogP contribution is 2.33. The Morgan fingerprint density at radius 1 is 0.840 bits per heavy atom. The van der Waals surface area contributed by atoms with E-state index in [0.717, 1.165) is 20.8 Å². The molecule has 0 aromatic rings. The molecule has 1 aliphatic rings. The van der Waals surface area contributed by atoms with Crippen molar-refractivity contribution in [3.8, 4) is 0 Å². The van der Waals surface area contributed by atoms with Crippen LogP contribution in [0.2, 0.25) is 0 Å². The van der Waals surface area contributed by atoms with E-state index in [1.54, 1.807) is 0 Å². The Bertz CT molecular complexity index is 522. The quantitative estimate of drug-likeness (QED) is 0.386. The number of carbonyl (C=O) groups excluding carboxylic acids is 4. The zero-order valence-electron chi connectivity index (χ0n) is 14.1. The Hall–Kier alpha value is -1.85. The first-order chi connectivity index (χ1) is 11.6. The molecule has 0 spiro atoms. The third kappa shape index (κ3) is 6.52. The van der Waals surface area contributed by atoms with Gasteiger partial charge in [-0.05, 0) is 0 Å². The second kappa shape index (κ2) is 9.59. The van der Waals surface area contributed by atoms with Crippen molar-refractivity contribution in [3.63, 3.8) is 0 Å². The number of rotatable bonds is 6. The molecule has 0 radical (unpaired) electrons. The zero-order chi connectivity index (χ0) is 19.1. The van der Waals surface area contributed by atoms with E-state index in [4.69, 9.17) is 23.7 Å². The van der Waals surface area contributed by atoms with Gasteiger partial charge in [0, 0.05) is 39.7 Å². The fourth-order valence-electron chi connectivity index (χ4n) is 2.27. The van der Waals surface area contributed by atoms with Crippen molar-refractivity contribution in [2.45, 2.75) is 57.5 Å². The molecule has 1 heterocycles. The minimum absolute atomic E-state index is 0.214. The van der Waals surface area contributed by atoms with Crippen LogP contribution in [0.3, 0.4) is 0 Å². The molecular weight excluding hydrogens is 360 g/mol. The number of hydrogen-bond donors (Lipinski definition) is 1. The van der Waals surface area contributed by atoms with Crippen LogP contribution in [0.5, 0.6) is 0 Å². The van der Waals surface area contributed by atoms with Gasteiger partial charge in [0.2, 0.25) is 0 Å². The van der Waals surface area contributed by atoms with Crippen molar-refractivity contribution in [1.29, 1.82) is 0 Å². The van der Waals surface area contributed by atoms with Crippen LogP contribution < -0.4 is 0 Å². The molecule has 1 N–H and O–H groups in total. The molecular formula is C14H20O10S. The van der Waals surface area contributed by atoms with Crippen molar-refractivity contribution >= 4 is 35.9 Å². The van der Waals surface area contributed by atoms with Crippen LogP contribution in [0.15, 0.2) is 0 Å². The Balaban J connectivity index is 3.18. The summed E-state index contributed by atoms with van der Waals surface area (Å²) in [5.41, 5.74) is -1.15. The molecule has 1 aliphatic heterocycles. The van der Waals surface area contributed by atoms with Crippen molar-refractivity contribution < 1.29 is 47.4 Å². The van der Waals surface area contributed by atoms with E-state index >= 15 is 0 Å². The lowest BCUT2D eigenvalue weighted by Crippen LogP contribution is -2.61. The molecule has 25 heavy (non-hydrogen) atoms. The van der Waals surface area contributed by atoms with Gasteiger partial charge < -0.3 is 28.2 Å². The third-order valence-corrected chi connectivity index (χ3v) is 3.64. The van der Waals surface area contributed by atoms with Gasteiger partial charge in [-0.25, -0.2) is 0 Å². The SMILES string of the molecule is CC(=O)OC[C@H]1O[C@H](SO)[C@@H](OC(C)=O)[C@@H](OC(C)=O)[C@@H]1OC(C)=O. The van der Waals surface area contributed by atoms with E-state index in [1.165, 1.54) is 6.92 Å². The summed E-state index contributed by atoms with van der Waals surface area (Å²) in [4.78, 5) is 45.2. The van der Waals surface area contributed by atoms with E-state index < -0.39 is 53.7 Å². The fourth-order valence-corrected chi connectivity index (χ4v) is 2.80. The fraction of sp³-hybridized carbons (Fsp3) is 0.714. The standard InChI is InChI=1S/C14H20O10S/c1-6(15)20-5-10-11(21-7(2)16)12(22-8(3)17)13(23-9(4)18)14(24-10)25-19/h10-14,19H,5H2,1-4H3/t10-,11-,12+,13+,14-/m1/s1. The predicted octanol–water partition coefficient (Wildman–Crippen LogP) is 0.276. The normalized spacial score (nSPS) is 28.6. The monoisotopic (exact) mass is 380 g/mol. The van der Waals surface area contributed by atoms with Crippen LogP contribution in [0.25, 0.3) is 0 Å². The van der Waals surface area contributed by atoms with E-state index in [2.05, 4.69) is 0 Å². The van der Waals surface area contributed by atoms with Crippen molar-refractivity contribution in [3.05, 3.63) is 0 Å². The molecule has 0 saturated carbocycles. The number of ether oxygens (including phenoxy) is 5. The van der Waals surface area contributed by atoms with Crippen molar-refractivity contribution in [2.75, 3.05) is 6.61 Å². The molecule has 0 aromatic carbocycles. The first-order valence-electron chi connectivity index (χ1n) is 7.26. The summed E-state index contributed by atoms with van der Waals surface area (Å²) in [6.07, 6.45) is -4.76. The molecule has 1 rings (SSSR count). The highest BCUT2D eigenvalue weighted by Gasteiger charge is 2.52. The first-order valence-corrected chi connectivity index (χ1v) is 8.10. The average molecular weight is 380 g/mol. The number of esters is 4. The molecule has 11 heteroatoms. The van der Waals surface area contributed by atoms with Gasteiger partial charge in [-0.2, -0.15) is 0 Å². The summed E-state index contributed by atoms with van der Waals surface area (Å²) >= 11 is 0.214. The van der Waals surface area contributed by atoms with Gasteiger partial charge in [0.1, 0.15) is 12.7 Å². The molecule has 0 aliphatic carbocycles. The van der Waals surface area contributed by atoms with Gasteiger partial charge in [-0.3, -0.25) is 19.2 Å². The van der Waals surface area contributed by atoms with Crippen molar-refractivity contribution in [2.24, 2.45) is 0 Å². The Morgan fingerprint density at radius 2 is 1.32 bits per heavy atom. The smallest absolute Gasteiger partial charge is 0.303 e. The molecule has 1 fully saturated rings. The van der Waals surface area contributed by atoms with Crippen LogP contribution in [-0.4, -0.2) is 64.9 Å². The maximum Gasteiger partial charge on any atom is 0.303 e. The van der Waals surface area contributed by atoms with E-state index in [1.807, 2.05) is 0 Å². The lowest BCUT2D eigenvalue weighted by Gasteiger charge is -2.43. The largest absolute Gasteiger partial charge is 0.463 e. The highest BCUT2D eigenvalue weighted by atomic mass is 32.2. The van der Waals surface area contributed by atoms with E-state index in [9.17, 15) is 23.7 Å². The van der Waals surface area contributed by atoms with E-state index in [-0.39, 0.29) is 18.6 Å². The van der Waals surface area contributed by atoms with Crippen LogP contribution in [-0.2, 0) is 42.9 Å². The maximum absolute atomic E-state index is 11.4. The second-order valence-corrected chi connectivity index (χ2v) is 5.85. The van der Waals surface area contributed by atoms with Gasteiger partial charge in [-0.15, -0.1) is 0 Å². The van der Waals surface area contributed by atoms with E-state index in [0.29, 0.717) is 0 Å². The molecule has 142 valence electrons. The van der Waals surface area contributed by atoms with Gasteiger partial charge in [0.25, 0.3) is 0 Å². The van der Waals surface area contributed by atoms with Gasteiger partial charge in [0.05, 0.1) is 0 Å². The molecule has 5 atom stereocenters. The lowest BCUT2D eigenvalue weighted by molar-refractivity contribution is -0.238. The second-order valence-electron chi connectivity index (χ2n) is 5.17. The summed E-state index contributed by atoms with van der Waals surface area (Å²) in [5.74, 6) is -2.77. The Labute approximate surface area is 148 Å². The van der Waals surface area contributed by atoms with Crippen LogP contribution in [0, 0.1) is 0 Å². The first kappa shape index (κ1) is 21.2. The summed E-state index contributed by atoms with van der Waals surface area (Å²) < 4.78 is 35.2. The minimum Gasteiger partial charge on any atom is -0.463 e. The molecule has 1 saturated heterocycles. The van der Waals surface area contributed by atoms with Gasteiger partial charge in [0.15, 0.2) is 23.7 Å². The molecule has 0 bridgehead atoms. The average Bonchev–Trinajstić information content (AvgIpc) is 2.48. The topological polar surface area (TPSA) is 135 Å². The number of hydrogen-bond acceptors (Lipinski definition) is 11. The maximum atomic E-state index is 11.4. The molecule has 10 nitrogen and oxygen atoms in total. The predicted molar refractivity (Wildman–Crippen MR) is 82.2 cm³/mol. The highest BCUT2D eigenvalue weighted by molar-refractivity contribution is 7.94. The Kier molecular flexibility index (Phi) is 8.13. The molecule has 0 amide bonds. The third-order valence-electron chi connectivity index (χ3n) is 3.05. The van der Waals surface area contributed by atoms with Crippen LogP contribution in [0.1, 0.15) is 27.7 Å².